The highest BCUT2D eigenvalue weighted by molar-refractivity contribution is 7.19. The molecule has 0 atom stereocenters. The molecule has 0 aromatic carbocycles. The summed E-state index contributed by atoms with van der Waals surface area (Å²) < 4.78 is 0. The fourth-order valence-corrected chi connectivity index (χ4v) is 5.21. The van der Waals surface area contributed by atoms with Crippen LogP contribution in [0.4, 0.5) is 10.3 Å². The van der Waals surface area contributed by atoms with E-state index in [2.05, 4.69) is 39.9 Å². The predicted molar refractivity (Wildman–Crippen MR) is 143 cm³/mol. The van der Waals surface area contributed by atoms with Gasteiger partial charge in [0, 0.05) is 12.5 Å². The first-order chi connectivity index (χ1) is 16.3. The standard InChI is InChI=1S/C27H48N4OS/c1-2-3-4-5-6-7-8-9-10-11-12-13-14-15-20-23-25(32)29-27-31-30-26(33-27)28-24-21-18-16-17-19-22-24/h9-10,24H,2-8,11-23H2,1H3,(H,28,30)(H,29,31,32). The van der Waals surface area contributed by atoms with E-state index in [1.54, 1.807) is 0 Å². The molecule has 1 aromatic heterocycles. The van der Waals surface area contributed by atoms with Gasteiger partial charge >= 0.3 is 0 Å². The zero-order chi connectivity index (χ0) is 23.4. The van der Waals surface area contributed by atoms with Crippen molar-refractivity contribution in [1.82, 2.24) is 10.2 Å². The molecule has 1 amide bonds. The van der Waals surface area contributed by atoms with Crippen molar-refractivity contribution in [1.29, 1.82) is 0 Å². The molecule has 1 aromatic rings. The van der Waals surface area contributed by atoms with Gasteiger partial charge in [0.25, 0.3) is 0 Å². The average molecular weight is 477 g/mol. The van der Waals surface area contributed by atoms with E-state index in [4.69, 9.17) is 0 Å². The van der Waals surface area contributed by atoms with Crippen LogP contribution in [0.2, 0.25) is 0 Å². The summed E-state index contributed by atoms with van der Waals surface area (Å²) in [6, 6.07) is 0.500. The molecular formula is C27H48N4OS. The van der Waals surface area contributed by atoms with Crippen LogP contribution < -0.4 is 10.6 Å². The lowest BCUT2D eigenvalue weighted by Gasteiger charge is -2.14. The Labute approximate surface area is 206 Å². The van der Waals surface area contributed by atoms with Crippen molar-refractivity contribution in [2.24, 2.45) is 0 Å². The number of aromatic nitrogens is 2. The van der Waals surface area contributed by atoms with Crippen LogP contribution in [0.25, 0.3) is 0 Å². The van der Waals surface area contributed by atoms with Crippen molar-refractivity contribution >= 4 is 27.5 Å². The molecule has 1 aliphatic carbocycles. The molecule has 0 spiro atoms. The summed E-state index contributed by atoms with van der Waals surface area (Å²) in [5.41, 5.74) is 0. The molecule has 0 radical (unpaired) electrons. The Hall–Kier alpha value is -1.43. The molecule has 0 unspecified atom stereocenters. The van der Waals surface area contributed by atoms with Gasteiger partial charge in [0.1, 0.15) is 0 Å². The number of carbonyl (C=O) groups excluding carboxylic acids is 1. The molecule has 0 saturated heterocycles. The third-order valence-corrected chi connectivity index (χ3v) is 7.29. The minimum Gasteiger partial charge on any atom is -0.357 e. The number of hydrogen-bond acceptors (Lipinski definition) is 5. The Morgan fingerprint density at radius 2 is 1.39 bits per heavy atom. The molecule has 1 heterocycles. The number of nitrogens with one attached hydrogen (secondary N) is 2. The third kappa shape index (κ3) is 14.4. The Bertz CT molecular complexity index is 638. The molecule has 2 N–H and O–H groups in total. The van der Waals surface area contributed by atoms with E-state index >= 15 is 0 Å². The van der Waals surface area contributed by atoms with E-state index in [1.807, 2.05) is 0 Å². The highest BCUT2D eigenvalue weighted by atomic mass is 32.1. The maximum absolute atomic E-state index is 12.2. The number of anilines is 2. The summed E-state index contributed by atoms with van der Waals surface area (Å²) in [4.78, 5) is 12.2. The molecule has 1 saturated carbocycles. The summed E-state index contributed by atoms with van der Waals surface area (Å²) in [5, 5.41) is 16.2. The highest BCUT2D eigenvalue weighted by Gasteiger charge is 2.15. The molecule has 0 bridgehead atoms. The summed E-state index contributed by atoms with van der Waals surface area (Å²) in [6.45, 7) is 2.27. The van der Waals surface area contributed by atoms with Crippen molar-refractivity contribution in [3.8, 4) is 0 Å². The number of nitrogens with zero attached hydrogens (tertiary/aromatic N) is 2. The van der Waals surface area contributed by atoms with Crippen LogP contribution in [0.1, 0.15) is 135 Å². The Kier molecular flexibility index (Phi) is 16.0. The van der Waals surface area contributed by atoms with Crippen LogP contribution >= 0.6 is 11.3 Å². The van der Waals surface area contributed by atoms with Crippen LogP contribution in [-0.4, -0.2) is 22.1 Å². The SMILES string of the molecule is CCCCCCCCC=CCCCCCCCC(=O)Nc1nnc(NC2CCCCCC2)s1. The number of amides is 1. The number of hydrogen-bond donors (Lipinski definition) is 2. The maximum Gasteiger partial charge on any atom is 0.226 e. The van der Waals surface area contributed by atoms with Crippen molar-refractivity contribution in [3.63, 3.8) is 0 Å². The van der Waals surface area contributed by atoms with Crippen molar-refractivity contribution in [3.05, 3.63) is 12.2 Å². The van der Waals surface area contributed by atoms with Gasteiger partial charge in [-0.2, -0.15) is 0 Å². The van der Waals surface area contributed by atoms with E-state index in [-0.39, 0.29) is 5.91 Å². The van der Waals surface area contributed by atoms with Gasteiger partial charge in [0.2, 0.25) is 16.2 Å². The fraction of sp³-hybridized carbons (Fsp3) is 0.815. The first-order valence-corrected chi connectivity index (χ1v) is 14.6. The van der Waals surface area contributed by atoms with Gasteiger partial charge in [-0.15, -0.1) is 10.2 Å². The Balaban J connectivity index is 1.41. The molecule has 6 heteroatoms. The third-order valence-electron chi connectivity index (χ3n) is 6.52. The van der Waals surface area contributed by atoms with E-state index in [0.717, 1.165) is 18.0 Å². The molecule has 0 aliphatic heterocycles. The number of unbranched alkanes of at least 4 members (excludes halogenated alkanes) is 11. The van der Waals surface area contributed by atoms with Crippen molar-refractivity contribution in [2.75, 3.05) is 10.6 Å². The van der Waals surface area contributed by atoms with Gasteiger partial charge in [-0.3, -0.25) is 4.79 Å². The maximum atomic E-state index is 12.2. The topological polar surface area (TPSA) is 66.9 Å². The molecule has 1 fully saturated rings. The minimum atomic E-state index is 0.0600. The van der Waals surface area contributed by atoms with Gasteiger partial charge in [-0.1, -0.05) is 107 Å². The molecule has 2 rings (SSSR count). The lowest BCUT2D eigenvalue weighted by Crippen LogP contribution is -2.17. The summed E-state index contributed by atoms with van der Waals surface area (Å²) >= 11 is 1.45. The molecular weight excluding hydrogens is 428 g/mol. The van der Waals surface area contributed by atoms with Crippen LogP contribution in [0.15, 0.2) is 12.2 Å². The predicted octanol–water partition coefficient (Wildman–Crippen LogP) is 8.65. The van der Waals surface area contributed by atoms with Gasteiger partial charge in [-0.05, 0) is 44.9 Å². The van der Waals surface area contributed by atoms with Crippen LogP contribution in [-0.2, 0) is 4.79 Å². The average Bonchev–Trinajstić information content (AvgIpc) is 3.08. The molecule has 188 valence electrons. The van der Waals surface area contributed by atoms with E-state index < -0.39 is 0 Å². The Morgan fingerprint density at radius 3 is 2.06 bits per heavy atom. The van der Waals surface area contributed by atoms with Crippen LogP contribution in [0.3, 0.4) is 0 Å². The second-order valence-corrected chi connectivity index (χ2v) is 10.6. The van der Waals surface area contributed by atoms with Gasteiger partial charge < -0.3 is 10.6 Å². The zero-order valence-corrected chi connectivity index (χ0v) is 21.9. The first-order valence-electron chi connectivity index (χ1n) is 13.8. The lowest BCUT2D eigenvalue weighted by molar-refractivity contribution is -0.116. The molecule has 1 aliphatic rings. The monoisotopic (exact) mass is 476 g/mol. The van der Waals surface area contributed by atoms with Crippen molar-refractivity contribution in [2.45, 2.75) is 141 Å². The van der Waals surface area contributed by atoms with Gasteiger partial charge in [0.05, 0.1) is 0 Å². The van der Waals surface area contributed by atoms with Gasteiger partial charge in [-0.25, -0.2) is 0 Å². The molecule has 33 heavy (non-hydrogen) atoms. The largest absolute Gasteiger partial charge is 0.357 e. The molecule has 5 nitrogen and oxygen atoms in total. The quantitative estimate of drug-likeness (QED) is 0.126. The second-order valence-electron chi connectivity index (χ2n) is 9.63. The highest BCUT2D eigenvalue weighted by Crippen LogP contribution is 2.25. The summed E-state index contributed by atoms with van der Waals surface area (Å²) in [5.74, 6) is 0.0600. The van der Waals surface area contributed by atoms with Crippen LogP contribution in [0, 0.1) is 0 Å². The van der Waals surface area contributed by atoms with Crippen molar-refractivity contribution < 1.29 is 4.79 Å². The van der Waals surface area contributed by atoms with E-state index in [0.29, 0.717) is 17.6 Å². The van der Waals surface area contributed by atoms with Gasteiger partial charge in [0.15, 0.2) is 0 Å². The summed E-state index contributed by atoms with van der Waals surface area (Å²) in [7, 11) is 0. The first kappa shape index (κ1) is 27.8. The Morgan fingerprint density at radius 1 is 0.818 bits per heavy atom. The lowest BCUT2D eigenvalue weighted by atomic mass is 10.1. The van der Waals surface area contributed by atoms with E-state index in [1.165, 1.54) is 120 Å². The number of allylic oxidation sites excluding steroid dienone is 2. The number of rotatable bonds is 18. The minimum absolute atomic E-state index is 0.0600. The number of carbonyl (C=O) groups is 1. The second kappa shape index (κ2) is 18.9. The fourth-order valence-electron chi connectivity index (χ4n) is 4.47. The van der Waals surface area contributed by atoms with E-state index in [9.17, 15) is 4.79 Å². The summed E-state index contributed by atoms with van der Waals surface area (Å²) in [6.07, 6.45) is 29.5. The van der Waals surface area contributed by atoms with Crippen LogP contribution in [0.5, 0.6) is 0 Å². The zero-order valence-electron chi connectivity index (χ0n) is 21.1. The normalized spacial score (nSPS) is 15.1. The smallest absolute Gasteiger partial charge is 0.226 e.